The fourth-order valence-corrected chi connectivity index (χ4v) is 2.64. The van der Waals surface area contributed by atoms with E-state index in [0.29, 0.717) is 5.69 Å². The number of carbonyl (C=O) groups is 3. The minimum absolute atomic E-state index is 0.0368. The van der Waals surface area contributed by atoms with Crippen molar-refractivity contribution in [3.63, 3.8) is 0 Å². The number of hydrogen-bond acceptors (Lipinski definition) is 7. The van der Waals surface area contributed by atoms with Gasteiger partial charge in [-0.05, 0) is 31.4 Å². The minimum atomic E-state index is -0.884. The molecule has 10 nitrogen and oxygen atoms in total. The van der Waals surface area contributed by atoms with Crippen molar-refractivity contribution in [1.82, 2.24) is 10.6 Å². The molecular formula is C16H20N4O6. The number of urea groups is 1. The van der Waals surface area contributed by atoms with E-state index < -0.39 is 29.4 Å². The van der Waals surface area contributed by atoms with Crippen LogP contribution in [0.25, 0.3) is 0 Å². The highest BCUT2D eigenvalue weighted by molar-refractivity contribution is 5.97. The number of carbonyl (C=O) groups excluding carboxylic acids is 3. The molecule has 1 aliphatic heterocycles. The molecule has 1 aliphatic rings. The molecule has 2 N–H and O–H groups in total. The topological polar surface area (TPSA) is 131 Å². The smallest absolute Gasteiger partial charge is 0.338 e. The molecule has 0 aliphatic carbocycles. The van der Waals surface area contributed by atoms with Crippen molar-refractivity contribution in [2.75, 3.05) is 31.6 Å². The first-order chi connectivity index (χ1) is 12.4. The lowest BCUT2D eigenvalue weighted by atomic mass is 10.1. The van der Waals surface area contributed by atoms with Gasteiger partial charge in [0.05, 0.1) is 10.5 Å². The van der Waals surface area contributed by atoms with E-state index in [9.17, 15) is 24.5 Å². The van der Waals surface area contributed by atoms with Crippen LogP contribution in [0.15, 0.2) is 18.2 Å². The second kappa shape index (κ2) is 8.79. The lowest BCUT2D eigenvalue weighted by Crippen LogP contribution is -2.39. The van der Waals surface area contributed by atoms with E-state index in [1.807, 2.05) is 10.2 Å². The van der Waals surface area contributed by atoms with Crippen LogP contribution in [0, 0.1) is 10.1 Å². The maximum absolute atomic E-state index is 12.0. The molecule has 0 radical (unpaired) electrons. The Labute approximate surface area is 149 Å². The molecule has 3 amide bonds. The number of nitro benzene ring substituents is 1. The molecule has 0 unspecified atom stereocenters. The van der Waals surface area contributed by atoms with Gasteiger partial charge in [0, 0.05) is 26.2 Å². The van der Waals surface area contributed by atoms with Crippen LogP contribution in [0.4, 0.5) is 16.2 Å². The standard InChI is InChI=1S/C16H20N4O6/c1-17-16(23)18-14(21)10-26-15(22)11-5-6-12(13(9-11)20(24)25)19-7-3-2-4-8-19/h5-6,9H,2-4,7-8,10H2,1H3,(H2,17,18,21,23). The Kier molecular flexibility index (Phi) is 6.48. The third kappa shape index (κ3) is 4.91. The van der Waals surface area contributed by atoms with Gasteiger partial charge >= 0.3 is 12.0 Å². The summed E-state index contributed by atoms with van der Waals surface area (Å²) < 4.78 is 4.79. The Morgan fingerprint density at radius 1 is 1.23 bits per heavy atom. The van der Waals surface area contributed by atoms with Crippen molar-refractivity contribution in [3.05, 3.63) is 33.9 Å². The Morgan fingerprint density at radius 2 is 1.92 bits per heavy atom. The number of nitrogens with zero attached hydrogens (tertiary/aromatic N) is 2. The molecule has 0 spiro atoms. The van der Waals surface area contributed by atoms with Gasteiger partial charge in [-0.1, -0.05) is 0 Å². The van der Waals surface area contributed by atoms with Crippen LogP contribution >= 0.6 is 0 Å². The van der Waals surface area contributed by atoms with Crippen LogP contribution in [-0.4, -0.2) is 49.6 Å². The Hall–Kier alpha value is -3.17. The summed E-state index contributed by atoms with van der Waals surface area (Å²) in [6, 6.07) is 3.36. The molecule has 1 heterocycles. The number of benzene rings is 1. The zero-order chi connectivity index (χ0) is 19.1. The molecule has 1 saturated heterocycles. The highest BCUT2D eigenvalue weighted by Gasteiger charge is 2.23. The molecule has 1 aromatic rings. The fraction of sp³-hybridized carbons (Fsp3) is 0.438. The molecule has 0 bridgehead atoms. The number of ether oxygens (including phenoxy) is 1. The van der Waals surface area contributed by atoms with Gasteiger partial charge in [-0.3, -0.25) is 20.2 Å². The SMILES string of the molecule is CNC(=O)NC(=O)COC(=O)c1ccc(N2CCCCC2)c([N+](=O)[O-])c1. The monoisotopic (exact) mass is 364 g/mol. The van der Waals surface area contributed by atoms with E-state index in [0.717, 1.165) is 38.4 Å². The molecule has 10 heteroatoms. The van der Waals surface area contributed by atoms with E-state index in [4.69, 9.17) is 4.74 Å². The minimum Gasteiger partial charge on any atom is -0.452 e. The average molecular weight is 364 g/mol. The van der Waals surface area contributed by atoms with Gasteiger partial charge in [0.15, 0.2) is 6.61 Å². The number of nitro groups is 1. The first kappa shape index (κ1) is 19.2. The number of nitrogens with one attached hydrogen (secondary N) is 2. The summed E-state index contributed by atoms with van der Waals surface area (Å²) in [7, 11) is 1.33. The molecular weight excluding hydrogens is 344 g/mol. The van der Waals surface area contributed by atoms with Crippen LogP contribution < -0.4 is 15.5 Å². The van der Waals surface area contributed by atoms with Crippen LogP contribution in [0.5, 0.6) is 0 Å². The number of anilines is 1. The second-order valence-electron chi connectivity index (χ2n) is 5.71. The van der Waals surface area contributed by atoms with Gasteiger partial charge in [0.2, 0.25) is 0 Å². The van der Waals surface area contributed by atoms with Crippen molar-refractivity contribution in [1.29, 1.82) is 0 Å². The van der Waals surface area contributed by atoms with Crippen molar-refractivity contribution in [3.8, 4) is 0 Å². The number of imide groups is 1. The van der Waals surface area contributed by atoms with Gasteiger partial charge in [0.25, 0.3) is 11.6 Å². The molecule has 0 aromatic heterocycles. The van der Waals surface area contributed by atoms with Crippen LogP contribution in [0.2, 0.25) is 0 Å². The summed E-state index contributed by atoms with van der Waals surface area (Å²) in [5.74, 6) is -1.69. The van der Waals surface area contributed by atoms with E-state index in [-0.39, 0.29) is 11.3 Å². The highest BCUT2D eigenvalue weighted by atomic mass is 16.6. The molecule has 2 rings (SSSR count). The molecule has 140 valence electrons. The van der Waals surface area contributed by atoms with Crippen molar-refractivity contribution in [2.24, 2.45) is 0 Å². The second-order valence-corrected chi connectivity index (χ2v) is 5.71. The molecule has 1 fully saturated rings. The highest BCUT2D eigenvalue weighted by Crippen LogP contribution is 2.31. The first-order valence-corrected chi connectivity index (χ1v) is 8.14. The number of esters is 1. The molecule has 0 atom stereocenters. The summed E-state index contributed by atoms with van der Waals surface area (Å²) >= 11 is 0. The predicted octanol–water partition coefficient (Wildman–Crippen LogP) is 1.20. The summed E-state index contributed by atoms with van der Waals surface area (Å²) in [5.41, 5.74) is 0.241. The normalized spacial score (nSPS) is 13.7. The van der Waals surface area contributed by atoms with E-state index in [1.165, 1.54) is 19.2 Å². The van der Waals surface area contributed by atoms with Crippen molar-refractivity contribution in [2.45, 2.75) is 19.3 Å². The number of hydrogen-bond donors (Lipinski definition) is 2. The largest absolute Gasteiger partial charge is 0.452 e. The fourth-order valence-electron chi connectivity index (χ4n) is 2.64. The third-order valence-corrected chi connectivity index (χ3v) is 3.92. The maximum Gasteiger partial charge on any atom is 0.338 e. The Morgan fingerprint density at radius 3 is 2.54 bits per heavy atom. The third-order valence-electron chi connectivity index (χ3n) is 3.92. The average Bonchev–Trinajstić information content (AvgIpc) is 2.66. The zero-order valence-electron chi connectivity index (χ0n) is 14.3. The zero-order valence-corrected chi connectivity index (χ0v) is 14.3. The quantitative estimate of drug-likeness (QED) is 0.456. The van der Waals surface area contributed by atoms with Gasteiger partial charge < -0.3 is 15.0 Å². The predicted molar refractivity (Wildman–Crippen MR) is 92.0 cm³/mol. The van der Waals surface area contributed by atoms with E-state index in [2.05, 4.69) is 5.32 Å². The van der Waals surface area contributed by atoms with Crippen LogP contribution in [-0.2, 0) is 9.53 Å². The van der Waals surface area contributed by atoms with Gasteiger partial charge in [0.1, 0.15) is 5.69 Å². The summed E-state index contributed by atoms with van der Waals surface area (Å²) in [6.45, 7) is 0.780. The Balaban J connectivity index is 2.08. The van der Waals surface area contributed by atoms with E-state index in [1.54, 1.807) is 0 Å². The van der Waals surface area contributed by atoms with Crippen LogP contribution in [0.3, 0.4) is 0 Å². The number of piperidine rings is 1. The van der Waals surface area contributed by atoms with Gasteiger partial charge in [-0.2, -0.15) is 0 Å². The number of rotatable bonds is 5. The first-order valence-electron chi connectivity index (χ1n) is 8.14. The van der Waals surface area contributed by atoms with Gasteiger partial charge in [-0.15, -0.1) is 0 Å². The van der Waals surface area contributed by atoms with Crippen molar-refractivity contribution < 1.29 is 24.0 Å². The van der Waals surface area contributed by atoms with Crippen LogP contribution in [0.1, 0.15) is 29.6 Å². The summed E-state index contributed by atoms with van der Waals surface area (Å²) in [4.78, 5) is 47.2. The molecule has 0 saturated carbocycles. The lowest BCUT2D eigenvalue weighted by Gasteiger charge is -2.28. The number of amides is 3. The molecule has 1 aromatic carbocycles. The molecule has 26 heavy (non-hydrogen) atoms. The van der Waals surface area contributed by atoms with Gasteiger partial charge in [-0.25, -0.2) is 9.59 Å². The summed E-state index contributed by atoms with van der Waals surface area (Å²) in [6.07, 6.45) is 3.01. The van der Waals surface area contributed by atoms with Crippen molar-refractivity contribution >= 4 is 29.3 Å². The van der Waals surface area contributed by atoms with E-state index >= 15 is 0 Å². The Bertz CT molecular complexity index is 715. The lowest BCUT2D eigenvalue weighted by molar-refractivity contribution is -0.384. The maximum atomic E-state index is 12.0. The summed E-state index contributed by atoms with van der Waals surface area (Å²) in [5, 5.41) is 15.5.